The van der Waals surface area contributed by atoms with E-state index in [0.717, 1.165) is 37.1 Å². The number of rotatable bonds is 3. The van der Waals surface area contributed by atoms with Crippen LogP contribution in [0.15, 0.2) is 23.0 Å². The normalized spacial score (nSPS) is 14.2. The Labute approximate surface area is 139 Å². The number of benzene rings is 1. The van der Waals surface area contributed by atoms with Crippen molar-refractivity contribution in [2.24, 2.45) is 0 Å². The van der Waals surface area contributed by atoms with Crippen molar-refractivity contribution in [2.45, 2.75) is 45.7 Å². The first-order valence-electron chi connectivity index (χ1n) is 7.77. The highest BCUT2D eigenvalue weighted by Crippen LogP contribution is 2.22. The number of amides is 1. The fourth-order valence-corrected chi connectivity index (χ4v) is 3.06. The van der Waals surface area contributed by atoms with Gasteiger partial charge in [-0.25, -0.2) is 9.48 Å². The van der Waals surface area contributed by atoms with Crippen LogP contribution in [-0.2, 0) is 24.3 Å². The van der Waals surface area contributed by atoms with Gasteiger partial charge in [0.1, 0.15) is 12.4 Å². The molecule has 2 aromatic rings. The van der Waals surface area contributed by atoms with Crippen LogP contribution in [0.1, 0.15) is 30.7 Å². The van der Waals surface area contributed by atoms with E-state index in [0.29, 0.717) is 17.3 Å². The molecule has 0 aliphatic carbocycles. The molecule has 7 heteroatoms. The first kappa shape index (κ1) is 15.8. The van der Waals surface area contributed by atoms with E-state index in [-0.39, 0.29) is 18.1 Å². The molecule has 23 heavy (non-hydrogen) atoms. The molecule has 1 aromatic heterocycles. The van der Waals surface area contributed by atoms with Gasteiger partial charge in [-0.15, -0.1) is 0 Å². The number of nitrogens with zero attached hydrogens (tertiary/aromatic N) is 3. The molecule has 0 bridgehead atoms. The minimum atomic E-state index is -0.314. The fourth-order valence-electron chi connectivity index (χ4n) is 2.78. The third-order valence-corrected chi connectivity index (χ3v) is 4.29. The first-order chi connectivity index (χ1) is 11.0. The van der Waals surface area contributed by atoms with Crippen LogP contribution < -0.4 is 11.0 Å². The van der Waals surface area contributed by atoms with Crippen molar-refractivity contribution in [3.05, 3.63) is 45.1 Å². The summed E-state index contributed by atoms with van der Waals surface area (Å²) >= 11 is 6.11. The van der Waals surface area contributed by atoms with E-state index in [2.05, 4.69) is 10.4 Å². The van der Waals surface area contributed by atoms with Crippen molar-refractivity contribution in [3.63, 3.8) is 0 Å². The third kappa shape index (κ3) is 3.47. The number of hydrogen-bond acceptors (Lipinski definition) is 3. The zero-order chi connectivity index (χ0) is 16.4. The molecular formula is C16H19ClN4O2. The number of halogens is 1. The standard InChI is InChI=1S/C16H19ClN4O2/c1-11-6-7-13(12(17)9-11)18-15(22)10-21-16(23)20-8-4-2-3-5-14(20)19-21/h6-7,9H,2-5,8,10H2,1H3,(H,18,22). The lowest BCUT2D eigenvalue weighted by molar-refractivity contribution is -0.117. The molecule has 122 valence electrons. The van der Waals surface area contributed by atoms with Crippen LogP contribution >= 0.6 is 11.6 Å². The van der Waals surface area contributed by atoms with E-state index in [1.807, 2.05) is 13.0 Å². The van der Waals surface area contributed by atoms with Crippen LogP contribution in [-0.4, -0.2) is 20.3 Å². The molecule has 0 fully saturated rings. The molecule has 0 saturated carbocycles. The van der Waals surface area contributed by atoms with Gasteiger partial charge in [0.2, 0.25) is 5.91 Å². The molecule has 1 aliphatic heterocycles. The zero-order valence-electron chi connectivity index (χ0n) is 13.0. The summed E-state index contributed by atoms with van der Waals surface area (Å²) in [6.07, 6.45) is 3.90. The van der Waals surface area contributed by atoms with Gasteiger partial charge >= 0.3 is 5.69 Å². The van der Waals surface area contributed by atoms with Crippen LogP contribution in [0.4, 0.5) is 5.69 Å². The van der Waals surface area contributed by atoms with Crippen molar-refractivity contribution < 1.29 is 4.79 Å². The Balaban J connectivity index is 1.74. The molecule has 0 atom stereocenters. The number of anilines is 1. The second-order valence-corrected chi connectivity index (χ2v) is 6.26. The van der Waals surface area contributed by atoms with Crippen LogP contribution in [0, 0.1) is 6.92 Å². The molecular weight excluding hydrogens is 316 g/mol. The summed E-state index contributed by atoms with van der Waals surface area (Å²) < 4.78 is 2.91. The maximum absolute atomic E-state index is 12.3. The Kier molecular flexibility index (Phi) is 4.52. The van der Waals surface area contributed by atoms with Gasteiger partial charge in [0.15, 0.2) is 0 Å². The number of hydrogen-bond donors (Lipinski definition) is 1. The topological polar surface area (TPSA) is 68.9 Å². The summed E-state index contributed by atoms with van der Waals surface area (Å²) in [5.41, 5.74) is 1.34. The van der Waals surface area contributed by atoms with Crippen molar-refractivity contribution >= 4 is 23.2 Å². The molecule has 0 saturated heterocycles. The maximum Gasteiger partial charge on any atom is 0.346 e. The highest BCUT2D eigenvalue weighted by Gasteiger charge is 2.17. The molecule has 3 rings (SSSR count). The Morgan fingerprint density at radius 2 is 2.17 bits per heavy atom. The third-order valence-electron chi connectivity index (χ3n) is 3.97. The molecule has 6 nitrogen and oxygen atoms in total. The minimum Gasteiger partial charge on any atom is -0.323 e. The monoisotopic (exact) mass is 334 g/mol. The van der Waals surface area contributed by atoms with Gasteiger partial charge in [0, 0.05) is 13.0 Å². The first-order valence-corrected chi connectivity index (χ1v) is 8.15. The summed E-state index contributed by atoms with van der Waals surface area (Å²) in [6.45, 7) is 2.50. The smallest absolute Gasteiger partial charge is 0.323 e. The highest BCUT2D eigenvalue weighted by molar-refractivity contribution is 6.33. The van der Waals surface area contributed by atoms with Gasteiger partial charge in [-0.2, -0.15) is 5.10 Å². The summed E-state index contributed by atoms with van der Waals surface area (Å²) in [4.78, 5) is 24.5. The predicted octanol–water partition coefficient (Wildman–Crippen LogP) is 2.37. The van der Waals surface area contributed by atoms with Crippen LogP contribution in [0.2, 0.25) is 5.02 Å². The lowest BCUT2D eigenvalue weighted by Crippen LogP contribution is -2.30. The summed E-state index contributed by atoms with van der Waals surface area (Å²) in [5.74, 6) is 0.458. The maximum atomic E-state index is 12.3. The lowest BCUT2D eigenvalue weighted by Gasteiger charge is -2.07. The highest BCUT2D eigenvalue weighted by atomic mass is 35.5. The van der Waals surface area contributed by atoms with E-state index in [1.54, 1.807) is 16.7 Å². The van der Waals surface area contributed by atoms with Gasteiger partial charge in [0.05, 0.1) is 10.7 Å². The van der Waals surface area contributed by atoms with E-state index in [9.17, 15) is 9.59 Å². The Bertz CT molecular complexity index is 794. The van der Waals surface area contributed by atoms with Gasteiger partial charge in [-0.1, -0.05) is 24.1 Å². The minimum absolute atomic E-state index is 0.108. The molecule has 0 unspecified atom stereocenters. The molecule has 1 aromatic carbocycles. The van der Waals surface area contributed by atoms with Crippen LogP contribution in [0.5, 0.6) is 0 Å². The van der Waals surface area contributed by atoms with E-state index in [1.165, 1.54) is 4.68 Å². The second kappa shape index (κ2) is 6.58. The summed E-state index contributed by atoms with van der Waals surface area (Å²) in [6, 6.07) is 5.40. The molecule has 1 N–H and O–H groups in total. The Morgan fingerprint density at radius 3 is 2.96 bits per heavy atom. The number of nitrogens with one attached hydrogen (secondary N) is 1. The van der Waals surface area contributed by atoms with Crippen LogP contribution in [0.3, 0.4) is 0 Å². The lowest BCUT2D eigenvalue weighted by atomic mass is 10.2. The van der Waals surface area contributed by atoms with E-state index in [4.69, 9.17) is 11.6 Å². The SMILES string of the molecule is Cc1ccc(NC(=O)Cn2nc3n(c2=O)CCCCC3)c(Cl)c1. The number of carbonyl (C=O) groups is 1. The average molecular weight is 335 g/mol. The molecule has 2 heterocycles. The van der Waals surface area contributed by atoms with Crippen molar-refractivity contribution in [1.82, 2.24) is 14.3 Å². The van der Waals surface area contributed by atoms with Gasteiger partial charge < -0.3 is 5.32 Å². The Hall–Kier alpha value is -2.08. The Morgan fingerprint density at radius 1 is 1.35 bits per heavy atom. The quantitative estimate of drug-likeness (QED) is 0.937. The number of aryl methyl sites for hydroxylation is 2. The largest absolute Gasteiger partial charge is 0.346 e. The molecule has 1 aliphatic rings. The van der Waals surface area contributed by atoms with Gasteiger partial charge in [0.25, 0.3) is 0 Å². The van der Waals surface area contributed by atoms with Crippen LogP contribution in [0.25, 0.3) is 0 Å². The average Bonchev–Trinajstić information content (AvgIpc) is 2.68. The predicted molar refractivity (Wildman–Crippen MR) is 88.9 cm³/mol. The molecule has 1 amide bonds. The van der Waals surface area contributed by atoms with E-state index >= 15 is 0 Å². The van der Waals surface area contributed by atoms with Gasteiger partial charge in [-0.3, -0.25) is 9.36 Å². The summed E-state index contributed by atoms with van der Waals surface area (Å²) in [7, 11) is 0. The fraction of sp³-hybridized carbons (Fsp3) is 0.438. The van der Waals surface area contributed by atoms with Crippen molar-refractivity contribution in [2.75, 3.05) is 5.32 Å². The zero-order valence-corrected chi connectivity index (χ0v) is 13.8. The number of fused-ring (bicyclic) bond motifs is 1. The second-order valence-electron chi connectivity index (χ2n) is 5.85. The van der Waals surface area contributed by atoms with Crippen molar-refractivity contribution in [3.8, 4) is 0 Å². The number of aromatic nitrogens is 3. The number of carbonyl (C=O) groups excluding carboxylic acids is 1. The summed E-state index contributed by atoms with van der Waals surface area (Å²) in [5, 5.41) is 7.51. The molecule has 0 radical (unpaired) electrons. The van der Waals surface area contributed by atoms with Crippen molar-refractivity contribution in [1.29, 1.82) is 0 Å². The molecule has 0 spiro atoms. The van der Waals surface area contributed by atoms with Gasteiger partial charge in [-0.05, 0) is 37.5 Å². The van der Waals surface area contributed by atoms with E-state index < -0.39 is 0 Å².